The number of amides is 1. The van der Waals surface area contributed by atoms with Gasteiger partial charge < -0.3 is 14.5 Å². The zero-order valence-corrected chi connectivity index (χ0v) is 18.9. The molecule has 2 aliphatic heterocycles. The quantitative estimate of drug-likeness (QED) is 0.488. The molecule has 1 N–H and O–H groups in total. The van der Waals surface area contributed by atoms with Gasteiger partial charge in [0.25, 0.3) is 5.91 Å². The number of fused-ring (bicyclic) bond motifs is 3. The van der Waals surface area contributed by atoms with E-state index >= 15 is 0 Å². The summed E-state index contributed by atoms with van der Waals surface area (Å²) in [5, 5.41) is 1.17. The maximum Gasteiger partial charge on any atom is 0.254 e. The lowest BCUT2D eigenvalue weighted by molar-refractivity contribution is 0.0523. The third-order valence-corrected chi connectivity index (χ3v) is 7.56. The van der Waals surface area contributed by atoms with E-state index < -0.39 is 0 Å². The maximum absolute atomic E-state index is 13.8. The number of hydrogen-bond acceptors (Lipinski definition) is 3. The molecule has 0 spiro atoms. The largest absolute Gasteiger partial charge is 0.346 e. The highest BCUT2D eigenvalue weighted by Crippen LogP contribution is 2.41. The number of piperidine rings is 1. The van der Waals surface area contributed by atoms with E-state index in [0.29, 0.717) is 24.5 Å². The Hall–Kier alpha value is -3.41. The first kappa shape index (κ1) is 20.2. The van der Waals surface area contributed by atoms with E-state index in [4.69, 9.17) is 0 Å². The van der Waals surface area contributed by atoms with E-state index in [0.717, 1.165) is 54.7 Å². The zero-order valence-electron chi connectivity index (χ0n) is 18.9. The van der Waals surface area contributed by atoms with E-state index in [-0.39, 0.29) is 5.91 Å². The molecular formula is C27H29N5O. The first-order valence-corrected chi connectivity index (χ1v) is 12.0. The van der Waals surface area contributed by atoms with Gasteiger partial charge in [-0.3, -0.25) is 4.79 Å². The van der Waals surface area contributed by atoms with Crippen LogP contribution in [0.2, 0.25) is 0 Å². The molecule has 33 heavy (non-hydrogen) atoms. The lowest BCUT2D eigenvalue weighted by atomic mass is 9.85. The smallest absolute Gasteiger partial charge is 0.254 e. The van der Waals surface area contributed by atoms with Crippen molar-refractivity contribution in [2.75, 3.05) is 0 Å². The second-order valence-corrected chi connectivity index (χ2v) is 9.66. The van der Waals surface area contributed by atoms with Crippen molar-refractivity contribution >= 4 is 16.9 Å². The number of imidazole rings is 1. The predicted octanol–water partition coefficient (Wildman–Crippen LogP) is 4.74. The lowest BCUT2D eigenvalue weighted by Crippen LogP contribution is -2.47. The second kappa shape index (κ2) is 8.18. The molecule has 2 fully saturated rings. The Morgan fingerprint density at radius 1 is 1.12 bits per heavy atom. The zero-order chi connectivity index (χ0) is 22.4. The van der Waals surface area contributed by atoms with Gasteiger partial charge in [0, 0.05) is 54.4 Å². The van der Waals surface area contributed by atoms with Crippen molar-refractivity contribution in [2.24, 2.45) is 5.92 Å². The van der Waals surface area contributed by atoms with Crippen molar-refractivity contribution in [3.8, 4) is 0 Å². The number of pyridine rings is 1. The number of benzene rings is 1. The standard InChI is InChI=1S/C27H29N5O/c1-18-28-10-11-31(18)17-22-4-2-3-5-25(22)27(33)32-23-6-7-24(32)15-19(14-23)12-20-13-21-8-9-29-26(21)30-16-20/h2-5,8-11,13,16,19,23-24H,6-7,12,14-15,17H2,1H3,(H,29,30). The van der Waals surface area contributed by atoms with Crippen LogP contribution in [-0.2, 0) is 13.0 Å². The molecule has 6 nitrogen and oxygen atoms in total. The normalized spacial score (nSPS) is 22.2. The fourth-order valence-corrected chi connectivity index (χ4v) is 5.98. The maximum atomic E-state index is 13.8. The fourth-order valence-electron chi connectivity index (χ4n) is 5.98. The Bertz CT molecular complexity index is 1290. The van der Waals surface area contributed by atoms with E-state index in [1.54, 1.807) is 0 Å². The Morgan fingerprint density at radius 3 is 2.73 bits per heavy atom. The summed E-state index contributed by atoms with van der Waals surface area (Å²) in [5.41, 5.74) is 4.15. The number of aromatic amines is 1. The van der Waals surface area contributed by atoms with Crippen LogP contribution in [0.3, 0.4) is 0 Å². The number of aryl methyl sites for hydroxylation is 1. The van der Waals surface area contributed by atoms with Crippen LogP contribution >= 0.6 is 0 Å². The van der Waals surface area contributed by atoms with Crippen molar-refractivity contribution in [1.82, 2.24) is 24.4 Å². The Balaban J connectivity index is 1.19. The van der Waals surface area contributed by atoms with Gasteiger partial charge in [-0.05, 0) is 74.3 Å². The predicted molar refractivity (Wildman–Crippen MR) is 128 cm³/mol. The molecule has 2 unspecified atom stereocenters. The average Bonchev–Trinajstić information content (AvgIpc) is 3.52. The highest BCUT2D eigenvalue weighted by atomic mass is 16.2. The number of aromatic nitrogens is 4. The van der Waals surface area contributed by atoms with Gasteiger partial charge in [0.05, 0.1) is 0 Å². The first-order valence-electron chi connectivity index (χ1n) is 12.0. The molecule has 0 radical (unpaired) electrons. The van der Waals surface area contributed by atoms with E-state index in [2.05, 4.69) is 42.6 Å². The number of rotatable bonds is 5. The van der Waals surface area contributed by atoms with Crippen LogP contribution in [0, 0.1) is 12.8 Å². The minimum Gasteiger partial charge on any atom is -0.346 e. The summed E-state index contributed by atoms with van der Waals surface area (Å²) in [6, 6.07) is 13.1. The first-order chi connectivity index (χ1) is 16.2. The molecule has 0 saturated carbocycles. The van der Waals surface area contributed by atoms with Gasteiger partial charge in [0.2, 0.25) is 0 Å². The molecule has 2 bridgehead atoms. The molecule has 168 valence electrons. The lowest BCUT2D eigenvalue weighted by Gasteiger charge is -2.39. The van der Waals surface area contributed by atoms with Crippen LogP contribution in [0.1, 0.15) is 53.0 Å². The van der Waals surface area contributed by atoms with Crippen molar-refractivity contribution in [3.63, 3.8) is 0 Å². The number of carbonyl (C=O) groups excluding carboxylic acids is 1. The summed E-state index contributed by atoms with van der Waals surface area (Å²) in [7, 11) is 0. The Labute approximate surface area is 193 Å². The number of H-pyrrole nitrogens is 1. The molecular weight excluding hydrogens is 410 g/mol. The molecule has 6 heteroatoms. The van der Waals surface area contributed by atoms with Gasteiger partial charge >= 0.3 is 0 Å². The molecule has 2 saturated heterocycles. The topological polar surface area (TPSA) is 66.8 Å². The van der Waals surface area contributed by atoms with Crippen molar-refractivity contribution in [1.29, 1.82) is 0 Å². The molecule has 0 aliphatic carbocycles. The highest BCUT2D eigenvalue weighted by Gasteiger charge is 2.43. The van der Waals surface area contributed by atoms with E-state index in [1.807, 2.05) is 49.9 Å². The Kier molecular flexibility index (Phi) is 5.01. The summed E-state index contributed by atoms with van der Waals surface area (Å²) in [6.07, 6.45) is 13.2. The van der Waals surface area contributed by atoms with Crippen LogP contribution in [0.25, 0.3) is 11.0 Å². The van der Waals surface area contributed by atoms with Crippen molar-refractivity contribution in [3.05, 3.63) is 83.7 Å². The third-order valence-electron chi connectivity index (χ3n) is 7.56. The summed E-state index contributed by atoms with van der Waals surface area (Å²) in [5.74, 6) is 1.77. The van der Waals surface area contributed by atoms with Gasteiger partial charge in [-0.2, -0.15) is 0 Å². The fraction of sp³-hybridized carbons (Fsp3) is 0.370. The molecule has 2 atom stereocenters. The van der Waals surface area contributed by atoms with E-state index in [1.165, 1.54) is 10.9 Å². The Morgan fingerprint density at radius 2 is 1.94 bits per heavy atom. The van der Waals surface area contributed by atoms with Crippen LogP contribution in [-0.4, -0.2) is 42.4 Å². The summed E-state index contributed by atoms with van der Waals surface area (Å²) >= 11 is 0. The minimum absolute atomic E-state index is 0.199. The molecule has 2 aliphatic rings. The number of nitrogens with zero attached hydrogens (tertiary/aromatic N) is 4. The van der Waals surface area contributed by atoms with Crippen LogP contribution < -0.4 is 0 Å². The third kappa shape index (κ3) is 3.73. The van der Waals surface area contributed by atoms with Crippen LogP contribution in [0.15, 0.2) is 61.2 Å². The SMILES string of the molecule is Cc1nccn1Cc1ccccc1C(=O)N1C2CCC1CC(Cc1cnc3[nH]ccc3c1)C2. The summed E-state index contributed by atoms with van der Waals surface area (Å²) < 4.78 is 2.10. The van der Waals surface area contributed by atoms with Gasteiger partial charge in [-0.15, -0.1) is 0 Å². The van der Waals surface area contributed by atoms with Crippen LogP contribution in [0.4, 0.5) is 0 Å². The highest BCUT2D eigenvalue weighted by molar-refractivity contribution is 5.96. The molecule has 3 aromatic heterocycles. The monoisotopic (exact) mass is 439 g/mol. The number of nitrogens with one attached hydrogen (secondary N) is 1. The minimum atomic E-state index is 0.199. The number of carbonyl (C=O) groups is 1. The molecule has 1 amide bonds. The second-order valence-electron chi connectivity index (χ2n) is 9.66. The number of hydrogen-bond donors (Lipinski definition) is 1. The average molecular weight is 440 g/mol. The van der Waals surface area contributed by atoms with Gasteiger partial charge in [0.1, 0.15) is 11.5 Å². The molecule has 1 aromatic carbocycles. The van der Waals surface area contributed by atoms with Crippen LogP contribution in [0.5, 0.6) is 0 Å². The molecule has 6 rings (SSSR count). The van der Waals surface area contributed by atoms with Gasteiger partial charge in [-0.1, -0.05) is 18.2 Å². The molecule has 4 aromatic rings. The van der Waals surface area contributed by atoms with Gasteiger partial charge in [-0.25, -0.2) is 9.97 Å². The van der Waals surface area contributed by atoms with Crippen molar-refractivity contribution in [2.45, 2.75) is 57.7 Å². The summed E-state index contributed by atoms with van der Waals surface area (Å²) in [6.45, 7) is 2.67. The van der Waals surface area contributed by atoms with Gasteiger partial charge in [0.15, 0.2) is 0 Å². The van der Waals surface area contributed by atoms with E-state index in [9.17, 15) is 4.79 Å². The van der Waals surface area contributed by atoms with Crippen molar-refractivity contribution < 1.29 is 4.79 Å². The summed E-state index contributed by atoms with van der Waals surface area (Å²) in [4.78, 5) is 28.0. The molecule has 5 heterocycles.